The number of aryl methyl sites for hydroxylation is 1. The van der Waals surface area contributed by atoms with Gasteiger partial charge in [0.1, 0.15) is 0 Å². The Labute approximate surface area is 135 Å². The van der Waals surface area contributed by atoms with Gasteiger partial charge in [0.2, 0.25) is 15.9 Å². The number of carboxylic acids is 1. The summed E-state index contributed by atoms with van der Waals surface area (Å²) < 4.78 is 27.7. The highest BCUT2D eigenvalue weighted by Crippen LogP contribution is 2.28. The lowest BCUT2D eigenvalue weighted by molar-refractivity contribution is -0.141. The zero-order valence-electron chi connectivity index (χ0n) is 13.0. The van der Waals surface area contributed by atoms with E-state index in [9.17, 15) is 18.0 Å². The number of rotatable bonds is 5. The van der Waals surface area contributed by atoms with Crippen LogP contribution in [-0.4, -0.2) is 31.4 Å². The summed E-state index contributed by atoms with van der Waals surface area (Å²) in [6.45, 7) is 3.01. The summed E-state index contributed by atoms with van der Waals surface area (Å²) in [5.74, 6) is -1.68. The van der Waals surface area contributed by atoms with E-state index in [0.717, 1.165) is 0 Å². The third kappa shape index (κ3) is 4.29. The molecule has 0 unspecified atom stereocenters. The molecule has 7 nitrogen and oxygen atoms in total. The predicted octanol–water partition coefficient (Wildman–Crippen LogP) is 1.49. The number of hydrogen-bond acceptors (Lipinski definition) is 4. The second-order valence-corrected chi connectivity index (χ2v) is 7.51. The Morgan fingerprint density at radius 2 is 1.96 bits per heavy atom. The summed E-state index contributed by atoms with van der Waals surface area (Å²) in [6.07, 6.45) is 1.26. The number of sulfonamides is 1. The second kappa shape index (κ2) is 6.67. The van der Waals surface area contributed by atoms with Crippen molar-refractivity contribution >= 4 is 27.6 Å². The molecule has 0 spiro atoms. The van der Waals surface area contributed by atoms with Gasteiger partial charge in [0.15, 0.2) is 0 Å². The Balaban J connectivity index is 2.19. The topological polar surface area (TPSA) is 113 Å². The van der Waals surface area contributed by atoms with Gasteiger partial charge in [-0.15, -0.1) is 0 Å². The molecule has 1 aromatic carbocycles. The van der Waals surface area contributed by atoms with Crippen LogP contribution >= 0.6 is 0 Å². The minimum Gasteiger partial charge on any atom is -0.481 e. The summed E-state index contributed by atoms with van der Waals surface area (Å²) >= 11 is 0. The number of carbonyl (C=O) groups excluding carboxylic acids is 1. The Morgan fingerprint density at radius 1 is 1.26 bits per heavy atom. The molecule has 1 aromatic rings. The Morgan fingerprint density at radius 3 is 2.52 bits per heavy atom. The van der Waals surface area contributed by atoms with Crippen molar-refractivity contribution in [2.45, 2.75) is 44.0 Å². The summed E-state index contributed by atoms with van der Waals surface area (Å²) in [5, 5.41) is 11.5. The Bertz CT molecular complexity index is 729. The number of nitrogens with one attached hydrogen (secondary N) is 2. The third-order valence-electron chi connectivity index (χ3n) is 3.90. The molecular formula is C15H20N2O5S. The lowest BCUT2D eigenvalue weighted by Crippen LogP contribution is -2.33. The lowest BCUT2D eigenvalue weighted by Gasteiger charge is -2.15. The molecule has 0 aromatic heterocycles. The smallest absolute Gasteiger partial charge is 0.306 e. The second-order valence-electron chi connectivity index (χ2n) is 5.83. The van der Waals surface area contributed by atoms with Crippen LogP contribution in [0.2, 0.25) is 0 Å². The lowest BCUT2D eigenvalue weighted by atomic mass is 10.1. The van der Waals surface area contributed by atoms with Gasteiger partial charge in [0.25, 0.3) is 0 Å². The summed E-state index contributed by atoms with van der Waals surface area (Å²) in [4.78, 5) is 22.2. The maximum absolute atomic E-state index is 12.6. The first-order valence-corrected chi connectivity index (χ1v) is 8.80. The van der Waals surface area contributed by atoms with E-state index in [1.807, 2.05) is 0 Å². The van der Waals surface area contributed by atoms with Crippen molar-refractivity contribution in [3.05, 3.63) is 23.8 Å². The van der Waals surface area contributed by atoms with Gasteiger partial charge in [0.05, 0.1) is 10.8 Å². The summed E-state index contributed by atoms with van der Waals surface area (Å²) in [6, 6.07) is 4.27. The van der Waals surface area contributed by atoms with E-state index >= 15 is 0 Å². The zero-order valence-corrected chi connectivity index (χ0v) is 13.8. The van der Waals surface area contributed by atoms with Crippen LogP contribution in [-0.2, 0) is 19.6 Å². The monoisotopic (exact) mass is 340 g/mol. The number of anilines is 1. The van der Waals surface area contributed by atoms with Gasteiger partial charge in [-0.1, -0.05) is 6.07 Å². The normalized spacial score (nSPS) is 21.1. The molecule has 2 rings (SSSR count). The molecule has 1 fully saturated rings. The largest absolute Gasteiger partial charge is 0.481 e. The average molecular weight is 340 g/mol. The highest BCUT2D eigenvalue weighted by atomic mass is 32.2. The maximum atomic E-state index is 12.6. The minimum absolute atomic E-state index is 0.0857. The number of aliphatic carboxylic acids is 1. The molecule has 1 amide bonds. The first-order chi connectivity index (χ1) is 10.7. The van der Waals surface area contributed by atoms with Crippen LogP contribution in [0.3, 0.4) is 0 Å². The van der Waals surface area contributed by atoms with Gasteiger partial charge in [0, 0.05) is 18.7 Å². The molecule has 126 valence electrons. The first-order valence-electron chi connectivity index (χ1n) is 7.32. The van der Waals surface area contributed by atoms with Gasteiger partial charge < -0.3 is 10.4 Å². The van der Waals surface area contributed by atoms with Gasteiger partial charge >= 0.3 is 5.97 Å². The third-order valence-corrected chi connectivity index (χ3v) is 5.56. The molecule has 1 aliphatic carbocycles. The van der Waals surface area contributed by atoms with Crippen molar-refractivity contribution in [2.75, 3.05) is 5.32 Å². The SMILES string of the molecule is CC(=O)Nc1ccc(C)c(S(=O)(=O)N[C@@H]2CC[C@H](C(=O)O)C2)c1. The zero-order chi connectivity index (χ0) is 17.2. The van der Waals surface area contributed by atoms with Crippen LogP contribution in [0.1, 0.15) is 31.7 Å². The molecular weight excluding hydrogens is 320 g/mol. The van der Waals surface area contributed by atoms with E-state index in [0.29, 0.717) is 30.5 Å². The maximum Gasteiger partial charge on any atom is 0.306 e. The van der Waals surface area contributed by atoms with E-state index < -0.39 is 21.9 Å². The fourth-order valence-electron chi connectivity index (χ4n) is 2.77. The average Bonchev–Trinajstić information content (AvgIpc) is 2.88. The molecule has 3 N–H and O–H groups in total. The number of amides is 1. The molecule has 2 atom stereocenters. The van der Waals surface area contributed by atoms with Crippen LogP contribution in [0.4, 0.5) is 5.69 Å². The van der Waals surface area contributed by atoms with Crippen LogP contribution in [0.25, 0.3) is 0 Å². The first kappa shape index (κ1) is 17.4. The van der Waals surface area contributed by atoms with E-state index in [1.54, 1.807) is 19.1 Å². The van der Waals surface area contributed by atoms with Crippen molar-refractivity contribution in [3.63, 3.8) is 0 Å². The molecule has 0 aliphatic heterocycles. The van der Waals surface area contributed by atoms with Crippen molar-refractivity contribution < 1.29 is 23.1 Å². The van der Waals surface area contributed by atoms with Crippen LogP contribution in [0.15, 0.2) is 23.1 Å². The molecule has 0 radical (unpaired) electrons. The molecule has 23 heavy (non-hydrogen) atoms. The number of carbonyl (C=O) groups is 2. The van der Waals surface area contributed by atoms with Gasteiger partial charge in [-0.05, 0) is 43.9 Å². The molecule has 1 aliphatic rings. The number of hydrogen-bond donors (Lipinski definition) is 3. The van der Waals surface area contributed by atoms with Crippen LogP contribution in [0, 0.1) is 12.8 Å². The van der Waals surface area contributed by atoms with Gasteiger partial charge in [-0.25, -0.2) is 13.1 Å². The molecule has 0 heterocycles. The number of benzene rings is 1. The van der Waals surface area contributed by atoms with Crippen molar-refractivity contribution in [2.24, 2.45) is 5.92 Å². The van der Waals surface area contributed by atoms with Gasteiger partial charge in [-0.3, -0.25) is 9.59 Å². The van der Waals surface area contributed by atoms with Crippen molar-refractivity contribution in [1.82, 2.24) is 4.72 Å². The highest BCUT2D eigenvalue weighted by Gasteiger charge is 2.32. The molecule has 0 bridgehead atoms. The molecule has 0 saturated heterocycles. The fourth-order valence-corrected chi connectivity index (χ4v) is 4.32. The van der Waals surface area contributed by atoms with Crippen LogP contribution in [0.5, 0.6) is 0 Å². The van der Waals surface area contributed by atoms with E-state index in [2.05, 4.69) is 10.0 Å². The Hall–Kier alpha value is -1.93. The minimum atomic E-state index is -3.78. The standard InChI is InChI=1S/C15H20N2O5S/c1-9-3-5-12(16-10(2)18)8-14(9)23(21,22)17-13-6-4-11(7-13)15(19)20/h3,5,8,11,13,17H,4,6-7H2,1-2H3,(H,16,18)(H,19,20)/t11-,13+/m0/s1. The Kier molecular flexibility index (Phi) is 5.06. The van der Waals surface area contributed by atoms with Crippen LogP contribution < -0.4 is 10.0 Å². The van der Waals surface area contributed by atoms with Crippen molar-refractivity contribution in [3.8, 4) is 0 Å². The fraction of sp³-hybridized carbons (Fsp3) is 0.467. The quantitative estimate of drug-likeness (QED) is 0.751. The molecule has 1 saturated carbocycles. The van der Waals surface area contributed by atoms with Gasteiger partial charge in [-0.2, -0.15) is 0 Å². The predicted molar refractivity (Wildman–Crippen MR) is 84.6 cm³/mol. The van der Waals surface area contributed by atoms with E-state index in [4.69, 9.17) is 5.11 Å². The number of carboxylic acid groups (broad SMARTS) is 1. The molecule has 8 heteroatoms. The van der Waals surface area contributed by atoms with E-state index in [-0.39, 0.29) is 16.8 Å². The highest BCUT2D eigenvalue weighted by molar-refractivity contribution is 7.89. The van der Waals surface area contributed by atoms with E-state index in [1.165, 1.54) is 13.0 Å². The summed E-state index contributed by atoms with van der Waals surface area (Å²) in [5.41, 5.74) is 0.956. The summed E-state index contributed by atoms with van der Waals surface area (Å²) in [7, 11) is -3.78. The van der Waals surface area contributed by atoms with Crippen molar-refractivity contribution in [1.29, 1.82) is 0 Å².